The highest BCUT2D eigenvalue weighted by Gasteiger charge is 2.31. The molecule has 1 aromatic heterocycles. The molecule has 0 bridgehead atoms. The summed E-state index contributed by atoms with van der Waals surface area (Å²) in [5.41, 5.74) is 6.46. The number of rotatable bonds is 4. The molecule has 0 aliphatic heterocycles. The van der Waals surface area contributed by atoms with E-state index in [1.54, 1.807) is 12.3 Å². The lowest BCUT2D eigenvalue weighted by Gasteiger charge is -2.30. The van der Waals surface area contributed by atoms with E-state index < -0.39 is 11.9 Å². The molecule has 1 atom stereocenters. The Bertz CT molecular complexity index is 688. The van der Waals surface area contributed by atoms with Crippen molar-refractivity contribution in [1.82, 2.24) is 4.98 Å². The van der Waals surface area contributed by atoms with Gasteiger partial charge in [-0.15, -0.1) is 0 Å². The van der Waals surface area contributed by atoms with Gasteiger partial charge in [-0.25, -0.2) is 9.18 Å². The molecule has 2 rings (SSSR count). The third-order valence-corrected chi connectivity index (χ3v) is 3.80. The lowest BCUT2D eigenvalue weighted by molar-refractivity contribution is 0.126. The van der Waals surface area contributed by atoms with Crippen molar-refractivity contribution >= 4 is 17.0 Å². The predicted octanol–water partition coefficient (Wildman–Crippen LogP) is 3.54. The van der Waals surface area contributed by atoms with Crippen LogP contribution in [0.25, 0.3) is 10.9 Å². The zero-order chi connectivity index (χ0) is 16.5. The van der Waals surface area contributed by atoms with Crippen molar-refractivity contribution < 1.29 is 18.7 Å². The van der Waals surface area contributed by atoms with Gasteiger partial charge >= 0.3 is 6.09 Å². The molecule has 22 heavy (non-hydrogen) atoms. The number of nitrogens with one attached hydrogen (secondary N) is 1. The van der Waals surface area contributed by atoms with E-state index in [2.05, 4.69) is 4.98 Å². The third-order valence-electron chi connectivity index (χ3n) is 3.80. The Morgan fingerprint density at radius 1 is 1.41 bits per heavy atom. The fourth-order valence-corrected chi connectivity index (χ4v) is 2.64. The van der Waals surface area contributed by atoms with Crippen LogP contribution in [0, 0.1) is 11.2 Å². The van der Waals surface area contributed by atoms with Crippen molar-refractivity contribution in [1.29, 1.82) is 0 Å². The van der Waals surface area contributed by atoms with Gasteiger partial charge in [-0.2, -0.15) is 0 Å². The number of amides is 1. The number of halogens is 1. The molecule has 1 aromatic carbocycles. The molecule has 1 heterocycles. The van der Waals surface area contributed by atoms with Crippen LogP contribution in [0.4, 0.5) is 9.18 Å². The summed E-state index contributed by atoms with van der Waals surface area (Å²) < 4.78 is 24.2. The van der Waals surface area contributed by atoms with Gasteiger partial charge in [0.25, 0.3) is 0 Å². The molecule has 0 radical (unpaired) electrons. The van der Waals surface area contributed by atoms with Crippen LogP contribution in [-0.4, -0.2) is 24.8 Å². The molecule has 1 amide bonds. The smallest absolute Gasteiger partial charge is 0.404 e. The van der Waals surface area contributed by atoms with Gasteiger partial charge in [0.2, 0.25) is 0 Å². The summed E-state index contributed by atoms with van der Waals surface area (Å²) >= 11 is 0. The van der Waals surface area contributed by atoms with Gasteiger partial charge in [-0.1, -0.05) is 20.8 Å². The standard InChI is InChI=1S/C16H21FN2O3/c1-16(2,3)10(8-22-15(18)20)9-7-19-12-6-5-11(17)14(21-4)13(9)12/h5-7,10,19H,8H2,1-4H3,(H2,18,20). The minimum Gasteiger partial charge on any atom is -0.493 e. The number of aromatic nitrogens is 1. The third kappa shape index (κ3) is 3.00. The molecule has 6 heteroatoms. The minimum absolute atomic E-state index is 0.117. The van der Waals surface area contributed by atoms with E-state index in [0.29, 0.717) is 5.39 Å². The van der Waals surface area contributed by atoms with Crippen LogP contribution in [0.2, 0.25) is 0 Å². The quantitative estimate of drug-likeness (QED) is 0.907. The molecule has 0 spiro atoms. The molecule has 0 aliphatic carbocycles. The summed E-state index contributed by atoms with van der Waals surface area (Å²) in [5, 5.41) is 0.662. The maximum atomic E-state index is 14.0. The number of ether oxygens (including phenoxy) is 2. The van der Waals surface area contributed by atoms with Gasteiger partial charge in [0.1, 0.15) is 6.61 Å². The summed E-state index contributed by atoms with van der Waals surface area (Å²) in [4.78, 5) is 14.1. The number of H-pyrrole nitrogens is 1. The van der Waals surface area contributed by atoms with E-state index in [1.165, 1.54) is 13.2 Å². The number of aromatic amines is 1. The molecule has 1 unspecified atom stereocenters. The number of hydrogen-bond acceptors (Lipinski definition) is 3. The highest BCUT2D eigenvalue weighted by Crippen LogP contribution is 2.42. The first-order valence-electron chi connectivity index (χ1n) is 7.01. The number of primary amides is 1. The van der Waals surface area contributed by atoms with E-state index in [0.717, 1.165) is 11.1 Å². The normalized spacial score (nSPS) is 13.1. The van der Waals surface area contributed by atoms with Gasteiger partial charge in [0, 0.05) is 23.0 Å². The SMILES string of the molecule is COc1c(F)ccc2[nH]cc(C(COC(N)=O)C(C)(C)C)c12. The Kier molecular flexibility index (Phi) is 4.30. The topological polar surface area (TPSA) is 77.3 Å². The van der Waals surface area contributed by atoms with Crippen LogP contribution in [0.15, 0.2) is 18.3 Å². The zero-order valence-corrected chi connectivity index (χ0v) is 13.2. The average Bonchev–Trinajstić information content (AvgIpc) is 2.81. The summed E-state index contributed by atoms with van der Waals surface area (Å²) in [6, 6.07) is 3.01. The van der Waals surface area contributed by atoms with Crippen molar-refractivity contribution in [2.75, 3.05) is 13.7 Å². The molecule has 0 fully saturated rings. The highest BCUT2D eigenvalue weighted by atomic mass is 19.1. The number of methoxy groups -OCH3 is 1. The predicted molar refractivity (Wildman–Crippen MR) is 82.5 cm³/mol. The molecular formula is C16H21FN2O3. The summed E-state index contributed by atoms with van der Waals surface area (Å²) in [6.45, 7) is 6.18. The van der Waals surface area contributed by atoms with Crippen LogP contribution in [0.5, 0.6) is 5.75 Å². The van der Waals surface area contributed by atoms with E-state index in [-0.39, 0.29) is 23.7 Å². The minimum atomic E-state index is -0.827. The fraction of sp³-hybridized carbons (Fsp3) is 0.438. The maximum Gasteiger partial charge on any atom is 0.404 e. The Morgan fingerprint density at radius 3 is 2.64 bits per heavy atom. The fourth-order valence-electron chi connectivity index (χ4n) is 2.64. The van der Waals surface area contributed by atoms with Gasteiger partial charge < -0.3 is 20.2 Å². The van der Waals surface area contributed by atoms with Crippen LogP contribution < -0.4 is 10.5 Å². The summed E-state index contributed by atoms with van der Waals surface area (Å²) in [6.07, 6.45) is 0.972. The van der Waals surface area contributed by atoms with Crippen LogP contribution in [0.1, 0.15) is 32.3 Å². The number of fused-ring (bicyclic) bond motifs is 1. The Labute approximate surface area is 128 Å². The second-order valence-corrected chi connectivity index (χ2v) is 6.30. The van der Waals surface area contributed by atoms with Crippen LogP contribution >= 0.6 is 0 Å². The second-order valence-electron chi connectivity index (χ2n) is 6.30. The van der Waals surface area contributed by atoms with Crippen molar-refractivity contribution in [3.8, 4) is 5.75 Å². The van der Waals surface area contributed by atoms with Crippen LogP contribution in [0.3, 0.4) is 0 Å². The van der Waals surface area contributed by atoms with Crippen molar-refractivity contribution in [2.45, 2.75) is 26.7 Å². The Morgan fingerprint density at radius 2 is 2.09 bits per heavy atom. The first-order chi connectivity index (χ1) is 10.3. The monoisotopic (exact) mass is 308 g/mol. The van der Waals surface area contributed by atoms with Crippen molar-refractivity contribution in [3.63, 3.8) is 0 Å². The molecule has 0 aliphatic rings. The molecular weight excluding hydrogens is 287 g/mol. The van der Waals surface area contributed by atoms with Gasteiger partial charge in [0.15, 0.2) is 11.6 Å². The first-order valence-corrected chi connectivity index (χ1v) is 7.01. The maximum absolute atomic E-state index is 14.0. The first kappa shape index (κ1) is 16.1. The number of carbonyl (C=O) groups is 1. The lowest BCUT2D eigenvalue weighted by atomic mass is 9.77. The molecule has 2 aromatic rings. The van der Waals surface area contributed by atoms with Crippen LogP contribution in [-0.2, 0) is 4.74 Å². The van der Waals surface area contributed by atoms with Crippen molar-refractivity contribution in [3.05, 3.63) is 29.7 Å². The van der Waals surface area contributed by atoms with Gasteiger partial charge in [-0.3, -0.25) is 0 Å². The lowest BCUT2D eigenvalue weighted by Crippen LogP contribution is -2.26. The molecule has 3 N–H and O–H groups in total. The van der Waals surface area contributed by atoms with E-state index in [4.69, 9.17) is 15.2 Å². The molecule has 0 saturated carbocycles. The Hall–Kier alpha value is -2.24. The van der Waals surface area contributed by atoms with Gasteiger partial charge in [-0.05, 0) is 23.1 Å². The number of nitrogens with two attached hydrogens (primary N) is 1. The van der Waals surface area contributed by atoms with E-state index >= 15 is 0 Å². The van der Waals surface area contributed by atoms with Crippen molar-refractivity contribution in [2.24, 2.45) is 11.1 Å². The number of benzene rings is 1. The molecule has 120 valence electrons. The van der Waals surface area contributed by atoms with E-state index in [9.17, 15) is 9.18 Å². The van der Waals surface area contributed by atoms with Gasteiger partial charge in [0.05, 0.1) is 7.11 Å². The van der Waals surface area contributed by atoms with E-state index in [1.807, 2.05) is 20.8 Å². The number of hydrogen-bond donors (Lipinski definition) is 2. The zero-order valence-electron chi connectivity index (χ0n) is 13.2. The summed E-state index contributed by atoms with van der Waals surface area (Å²) in [5.74, 6) is -0.411. The average molecular weight is 308 g/mol. The molecule has 0 saturated heterocycles. The number of carbonyl (C=O) groups excluding carboxylic acids is 1. The highest BCUT2D eigenvalue weighted by molar-refractivity contribution is 5.90. The largest absolute Gasteiger partial charge is 0.493 e. The molecule has 5 nitrogen and oxygen atoms in total. The Balaban J connectivity index is 2.58. The second kappa shape index (κ2) is 5.87. The summed E-state index contributed by atoms with van der Waals surface area (Å²) in [7, 11) is 1.43.